The van der Waals surface area contributed by atoms with Crippen LogP contribution in [-0.2, 0) is 0 Å². The van der Waals surface area contributed by atoms with Crippen LogP contribution < -0.4 is 4.74 Å². The van der Waals surface area contributed by atoms with Crippen molar-refractivity contribution in [1.29, 1.82) is 0 Å². The van der Waals surface area contributed by atoms with Gasteiger partial charge in [0.25, 0.3) is 0 Å². The van der Waals surface area contributed by atoms with Crippen LogP contribution in [0, 0.1) is 6.92 Å². The van der Waals surface area contributed by atoms with Crippen molar-refractivity contribution in [3.8, 4) is 17.1 Å². The van der Waals surface area contributed by atoms with Crippen molar-refractivity contribution in [2.45, 2.75) is 6.92 Å². The average molecular weight is 317 g/mol. The lowest BCUT2D eigenvalue weighted by Crippen LogP contribution is -1.93. The first-order valence-electron chi connectivity index (χ1n) is 5.98. The molecule has 0 saturated heterocycles. The lowest BCUT2D eigenvalue weighted by atomic mass is 10.2. The number of halogens is 1. The summed E-state index contributed by atoms with van der Waals surface area (Å²) in [6.45, 7) is 2.07. The fraction of sp³-hybridized carbons (Fsp3) is 0.133. The quantitative estimate of drug-likeness (QED) is 0.712. The zero-order valence-electron chi connectivity index (χ0n) is 10.7. The maximum atomic E-state index is 5.41. The molecular formula is C15H13BrN2O. The van der Waals surface area contributed by atoms with Crippen molar-refractivity contribution < 1.29 is 4.74 Å². The Kier molecular flexibility index (Phi) is 3.03. The lowest BCUT2D eigenvalue weighted by molar-refractivity contribution is 0.416. The van der Waals surface area contributed by atoms with E-state index >= 15 is 0 Å². The van der Waals surface area contributed by atoms with E-state index in [0.717, 1.165) is 27.3 Å². The normalized spacial score (nSPS) is 10.9. The Balaban J connectivity index is 2.31. The van der Waals surface area contributed by atoms with E-state index in [1.54, 1.807) is 7.11 Å². The van der Waals surface area contributed by atoms with E-state index in [1.165, 1.54) is 5.56 Å². The van der Waals surface area contributed by atoms with Crippen LogP contribution in [0.2, 0.25) is 0 Å². The van der Waals surface area contributed by atoms with Crippen LogP contribution >= 0.6 is 15.9 Å². The van der Waals surface area contributed by atoms with Gasteiger partial charge in [0.15, 0.2) is 0 Å². The molecule has 0 unspecified atom stereocenters. The minimum atomic E-state index is 0.822. The highest BCUT2D eigenvalue weighted by Crippen LogP contribution is 2.32. The fourth-order valence-electron chi connectivity index (χ4n) is 2.17. The minimum Gasteiger partial charge on any atom is -0.496 e. The maximum absolute atomic E-state index is 5.41. The second-order valence-corrected chi connectivity index (χ2v) is 5.14. The Morgan fingerprint density at radius 2 is 2.00 bits per heavy atom. The van der Waals surface area contributed by atoms with E-state index in [-0.39, 0.29) is 0 Å². The van der Waals surface area contributed by atoms with Gasteiger partial charge in [0.1, 0.15) is 16.2 Å². The van der Waals surface area contributed by atoms with E-state index in [9.17, 15) is 0 Å². The van der Waals surface area contributed by atoms with E-state index < -0.39 is 0 Å². The highest BCUT2D eigenvalue weighted by Gasteiger charge is 2.14. The molecule has 0 aliphatic heterocycles. The van der Waals surface area contributed by atoms with E-state index in [4.69, 9.17) is 4.74 Å². The predicted molar refractivity (Wildman–Crippen MR) is 79.6 cm³/mol. The molecule has 19 heavy (non-hydrogen) atoms. The van der Waals surface area contributed by atoms with Crippen molar-refractivity contribution in [2.75, 3.05) is 7.11 Å². The van der Waals surface area contributed by atoms with Crippen LogP contribution in [-0.4, -0.2) is 16.5 Å². The van der Waals surface area contributed by atoms with Gasteiger partial charge in [0, 0.05) is 6.20 Å². The van der Waals surface area contributed by atoms with Gasteiger partial charge >= 0.3 is 0 Å². The Hall–Kier alpha value is -1.81. The molecule has 2 heterocycles. The maximum Gasteiger partial charge on any atom is 0.149 e. The molecule has 0 radical (unpaired) electrons. The smallest absolute Gasteiger partial charge is 0.149 e. The second-order valence-electron chi connectivity index (χ2n) is 4.39. The third-order valence-electron chi connectivity index (χ3n) is 3.10. The van der Waals surface area contributed by atoms with Gasteiger partial charge in [-0.15, -0.1) is 0 Å². The predicted octanol–water partition coefficient (Wildman–Crippen LogP) is 4.08. The Bertz CT molecular complexity index is 749. The molecule has 0 saturated carbocycles. The van der Waals surface area contributed by atoms with Gasteiger partial charge in [-0.05, 0) is 52.7 Å². The van der Waals surface area contributed by atoms with Crippen LogP contribution in [0.3, 0.4) is 0 Å². The SMILES string of the molecule is COc1ccccc1-c1nc(Br)c2cc(C)ccn12. The van der Waals surface area contributed by atoms with Gasteiger partial charge in [0.2, 0.25) is 0 Å². The van der Waals surface area contributed by atoms with Crippen LogP contribution in [0.15, 0.2) is 47.2 Å². The summed E-state index contributed by atoms with van der Waals surface area (Å²) in [6.07, 6.45) is 2.03. The number of aryl methyl sites for hydroxylation is 1. The monoisotopic (exact) mass is 316 g/mol. The summed E-state index contributed by atoms with van der Waals surface area (Å²) >= 11 is 3.52. The molecule has 0 amide bonds. The summed E-state index contributed by atoms with van der Waals surface area (Å²) < 4.78 is 8.32. The number of hydrogen-bond donors (Lipinski definition) is 0. The van der Waals surface area contributed by atoms with Crippen molar-refractivity contribution in [2.24, 2.45) is 0 Å². The van der Waals surface area contributed by atoms with E-state index in [2.05, 4.69) is 44.4 Å². The standard InChI is InChI=1S/C15H13BrN2O/c1-10-7-8-18-12(9-10)14(16)17-15(18)11-5-3-4-6-13(11)19-2/h3-9H,1-2H3. The number of imidazole rings is 1. The van der Waals surface area contributed by atoms with Gasteiger partial charge in [-0.25, -0.2) is 4.98 Å². The average Bonchev–Trinajstić information content (AvgIpc) is 2.75. The van der Waals surface area contributed by atoms with Crippen molar-refractivity contribution >= 4 is 21.4 Å². The molecule has 0 spiro atoms. The van der Waals surface area contributed by atoms with Gasteiger partial charge in [0.05, 0.1) is 18.2 Å². The second kappa shape index (κ2) is 4.70. The zero-order valence-corrected chi connectivity index (χ0v) is 12.3. The number of nitrogens with zero attached hydrogens (tertiary/aromatic N) is 2. The summed E-state index contributed by atoms with van der Waals surface area (Å²) in [7, 11) is 1.67. The molecule has 0 aliphatic rings. The lowest BCUT2D eigenvalue weighted by Gasteiger charge is -2.07. The number of aromatic nitrogens is 2. The number of fused-ring (bicyclic) bond motifs is 1. The molecule has 0 aliphatic carbocycles. The molecule has 0 bridgehead atoms. The van der Waals surface area contributed by atoms with Crippen molar-refractivity contribution in [3.63, 3.8) is 0 Å². The first kappa shape index (κ1) is 12.2. The number of ether oxygens (including phenoxy) is 1. The third-order valence-corrected chi connectivity index (χ3v) is 3.69. The summed E-state index contributed by atoms with van der Waals surface area (Å²) in [5.74, 6) is 1.70. The number of hydrogen-bond acceptors (Lipinski definition) is 2. The topological polar surface area (TPSA) is 26.5 Å². The molecule has 0 N–H and O–H groups in total. The summed E-state index contributed by atoms with van der Waals surface area (Å²) in [5.41, 5.74) is 3.25. The molecule has 4 heteroatoms. The van der Waals surface area contributed by atoms with E-state index in [1.807, 2.05) is 30.5 Å². The van der Waals surface area contributed by atoms with Gasteiger partial charge in [-0.2, -0.15) is 0 Å². The molecule has 3 aromatic rings. The summed E-state index contributed by atoms with van der Waals surface area (Å²) in [5, 5.41) is 0. The molecule has 1 aromatic carbocycles. The third kappa shape index (κ3) is 2.02. The van der Waals surface area contributed by atoms with Crippen LogP contribution in [0.1, 0.15) is 5.56 Å². The Morgan fingerprint density at radius 3 is 2.79 bits per heavy atom. The van der Waals surface area contributed by atoms with E-state index in [0.29, 0.717) is 0 Å². The molecular weight excluding hydrogens is 304 g/mol. The minimum absolute atomic E-state index is 0.822. The molecule has 0 fully saturated rings. The molecule has 3 rings (SSSR count). The number of para-hydroxylation sites is 1. The van der Waals surface area contributed by atoms with Crippen LogP contribution in [0.25, 0.3) is 16.9 Å². The molecule has 0 atom stereocenters. The highest BCUT2D eigenvalue weighted by molar-refractivity contribution is 9.10. The zero-order chi connectivity index (χ0) is 13.4. The number of rotatable bonds is 2. The largest absolute Gasteiger partial charge is 0.496 e. The number of methoxy groups -OCH3 is 1. The number of pyridine rings is 1. The molecule has 2 aromatic heterocycles. The highest BCUT2D eigenvalue weighted by atomic mass is 79.9. The Morgan fingerprint density at radius 1 is 1.21 bits per heavy atom. The summed E-state index contributed by atoms with van der Waals surface area (Å²) in [6, 6.07) is 12.1. The van der Waals surface area contributed by atoms with Crippen molar-refractivity contribution in [1.82, 2.24) is 9.38 Å². The first-order chi connectivity index (χ1) is 9.20. The van der Waals surface area contributed by atoms with Crippen molar-refractivity contribution in [3.05, 3.63) is 52.8 Å². The molecule has 96 valence electrons. The van der Waals surface area contributed by atoms with Gasteiger partial charge in [-0.1, -0.05) is 12.1 Å². The van der Waals surface area contributed by atoms with Gasteiger partial charge in [-0.3, -0.25) is 4.40 Å². The fourth-order valence-corrected chi connectivity index (χ4v) is 2.65. The van der Waals surface area contributed by atoms with Crippen LogP contribution in [0.5, 0.6) is 5.75 Å². The number of benzene rings is 1. The Labute approximate surface area is 120 Å². The van der Waals surface area contributed by atoms with Gasteiger partial charge < -0.3 is 4.74 Å². The summed E-state index contributed by atoms with van der Waals surface area (Å²) in [4.78, 5) is 4.61. The molecule has 3 nitrogen and oxygen atoms in total. The first-order valence-corrected chi connectivity index (χ1v) is 6.77. The van der Waals surface area contributed by atoms with Crippen LogP contribution in [0.4, 0.5) is 0 Å².